The zero-order valence-electron chi connectivity index (χ0n) is 15.1. The number of nitrogens with zero attached hydrogens (tertiary/aromatic N) is 1. The minimum Gasteiger partial charge on any atom is -0.344 e. The minimum atomic E-state index is -0.574. The van der Waals surface area contributed by atoms with E-state index in [1.165, 1.54) is 11.3 Å². The van der Waals surface area contributed by atoms with Crippen molar-refractivity contribution in [1.29, 1.82) is 0 Å². The Bertz CT molecular complexity index is 710. The lowest BCUT2D eigenvalue weighted by molar-refractivity contribution is -0.127. The zero-order valence-corrected chi connectivity index (χ0v) is 15.9. The van der Waals surface area contributed by atoms with Gasteiger partial charge in [-0.25, -0.2) is 4.98 Å². The van der Waals surface area contributed by atoms with E-state index in [0.29, 0.717) is 11.6 Å². The van der Waals surface area contributed by atoms with Crippen LogP contribution in [0.15, 0.2) is 36.5 Å². The molecular formula is C19H25N3O2S. The van der Waals surface area contributed by atoms with E-state index in [4.69, 9.17) is 0 Å². The van der Waals surface area contributed by atoms with Gasteiger partial charge in [-0.05, 0) is 17.4 Å². The number of carbonyl (C=O) groups excluding carboxylic acids is 2. The molecule has 0 radical (unpaired) electrons. The zero-order chi connectivity index (χ0) is 18.4. The van der Waals surface area contributed by atoms with Crippen LogP contribution in [-0.4, -0.2) is 22.8 Å². The summed E-state index contributed by atoms with van der Waals surface area (Å²) in [6.07, 6.45) is 2.16. The molecule has 0 saturated heterocycles. The third-order valence-electron chi connectivity index (χ3n) is 3.65. The Hall–Kier alpha value is -2.21. The van der Waals surface area contributed by atoms with Crippen molar-refractivity contribution in [3.8, 4) is 10.4 Å². The number of amides is 2. The summed E-state index contributed by atoms with van der Waals surface area (Å²) in [7, 11) is 0. The predicted molar refractivity (Wildman–Crippen MR) is 102 cm³/mol. The third kappa shape index (κ3) is 5.67. The fourth-order valence-corrected chi connectivity index (χ4v) is 3.21. The number of aromatic nitrogens is 1. The van der Waals surface area contributed by atoms with Crippen molar-refractivity contribution in [1.82, 2.24) is 10.3 Å². The number of thiazole rings is 1. The van der Waals surface area contributed by atoms with Crippen LogP contribution >= 0.6 is 11.3 Å². The quantitative estimate of drug-likeness (QED) is 0.787. The fraction of sp³-hybridized carbons (Fsp3) is 0.421. The van der Waals surface area contributed by atoms with E-state index in [1.807, 2.05) is 58.0 Å². The van der Waals surface area contributed by atoms with Crippen LogP contribution in [0.3, 0.4) is 0 Å². The smallest absolute Gasteiger partial charge is 0.248 e. The van der Waals surface area contributed by atoms with E-state index in [-0.39, 0.29) is 23.7 Å². The van der Waals surface area contributed by atoms with Gasteiger partial charge >= 0.3 is 0 Å². The number of hydrogen-bond acceptors (Lipinski definition) is 4. The Morgan fingerprint density at radius 1 is 1.12 bits per heavy atom. The topological polar surface area (TPSA) is 71.1 Å². The molecular weight excluding hydrogens is 334 g/mol. The first kappa shape index (κ1) is 19.1. The molecule has 6 heteroatoms. The first-order valence-corrected chi connectivity index (χ1v) is 9.30. The van der Waals surface area contributed by atoms with Crippen LogP contribution in [0.25, 0.3) is 10.4 Å². The summed E-state index contributed by atoms with van der Waals surface area (Å²) in [6, 6.07) is 9.32. The van der Waals surface area contributed by atoms with Gasteiger partial charge in [0, 0.05) is 12.6 Å². The van der Waals surface area contributed by atoms with Gasteiger partial charge in [0.15, 0.2) is 5.13 Å². The van der Waals surface area contributed by atoms with Gasteiger partial charge in [-0.3, -0.25) is 9.59 Å². The van der Waals surface area contributed by atoms with Crippen molar-refractivity contribution >= 4 is 28.3 Å². The maximum atomic E-state index is 12.6. The molecule has 2 aromatic rings. The molecule has 5 nitrogen and oxygen atoms in total. The number of rotatable bonds is 7. The lowest BCUT2D eigenvalue weighted by Gasteiger charge is -2.21. The number of carbonyl (C=O) groups is 2. The molecule has 0 aliphatic carbocycles. The molecule has 0 aliphatic heterocycles. The summed E-state index contributed by atoms with van der Waals surface area (Å²) in [6.45, 7) is 7.78. The molecule has 1 atom stereocenters. The summed E-state index contributed by atoms with van der Waals surface area (Å²) in [4.78, 5) is 29.8. The highest BCUT2D eigenvalue weighted by Gasteiger charge is 2.25. The van der Waals surface area contributed by atoms with Gasteiger partial charge < -0.3 is 10.6 Å². The maximum Gasteiger partial charge on any atom is 0.248 e. The van der Waals surface area contributed by atoms with E-state index >= 15 is 0 Å². The van der Waals surface area contributed by atoms with Crippen molar-refractivity contribution in [2.24, 2.45) is 11.8 Å². The predicted octanol–water partition coefficient (Wildman–Crippen LogP) is 3.94. The van der Waals surface area contributed by atoms with Crippen LogP contribution in [0.4, 0.5) is 5.13 Å². The lowest BCUT2D eigenvalue weighted by atomic mass is 10.0. The molecule has 25 heavy (non-hydrogen) atoms. The molecule has 2 N–H and O–H groups in total. The van der Waals surface area contributed by atoms with Gasteiger partial charge in [0.25, 0.3) is 0 Å². The van der Waals surface area contributed by atoms with Crippen LogP contribution < -0.4 is 10.6 Å². The van der Waals surface area contributed by atoms with Gasteiger partial charge in [-0.2, -0.15) is 0 Å². The summed E-state index contributed by atoms with van der Waals surface area (Å²) in [5, 5.41) is 6.19. The molecule has 0 fully saturated rings. The molecule has 1 aromatic carbocycles. The minimum absolute atomic E-state index is 0.00957. The van der Waals surface area contributed by atoms with E-state index in [2.05, 4.69) is 15.6 Å². The van der Waals surface area contributed by atoms with Crippen LogP contribution in [-0.2, 0) is 9.59 Å². The Balaban J connectivity index is 2.03. The van der Waals surface area contributed by atoms with Crippen LogP contribution in [0.1, 0.15) is 34.1 Å². The molecule has 0 saturated carbocycles. The van der Waals surface area contributed by atoms with E-state index in [1.54, 1.807) is 6.20 Å². The molecule has 0 spiro atoms. The number of anilines is 1. The van der Waals surface area contributed by atoms with Gasteiger partial charge in [0.2, 0.25) is 11.8 Å². The standard InChI is InChI=1S/C19H25N3O2S/c1-12(2)10-16(23)21-17(13(3)4)18(24)22-19-20-11-15(25-19)14-8-6-5-7-9-14/h5-9,11-13,17H,10H2,1-4H3,(H,21,23)(H,20,22,24). The van der Waals surface area contributed by atoms with Gasteiger partial charge in [-0.15, -0.1) is 0 Å². The molecule has 1 heterocycles. The van der Waals surface area contributed by atoms with Crippen molar-refractivity contribution in [3.05, 3.63) is 36.5 Å². The monoisotopic (exact) mass is 359 g/mol. The second-order valence-electron chi connectivity index (χ2n) is 6.77. The van der Waals surface area contributed by atoms with Crippen LogP contribution in [0.5, 0.6) is 0 Å². The maximum absolute atomic E-state index is 12.6. The summed E-state index contributed by atoms with van der Waals surface area (Å²) < 4.78 is 0. The van der Waals surface area contributed by atoms with Crippen LogP contribution in [0, 0.1) is 11.8 Å². The van der Waals surface area contributed by atoms with E-state index in [9.17, 15) is 9.59 Å². The lowest BCUT2D eigenvalue weighted by Crippen LogP contribution is -2.47. The second-order valence-corrected chi connectivity index (χ2v) is 7.80. The average molecular weight is 359 g/mol. The van der Waals surface area contributed by atoms with Gasteiger partial charge in [-0.1, -0.05) is 69.4 Å². The third-order valence-corrected chi connectivity index (χ3v) is 4.62. The first-order valence-electron chi connectivity index (χ1n) is 8.48. The number of hydrogen-bond donors (Lipinski definition) is 2. The fourth-order valence-electron chi connectivity index (χ4n) is 2.39. The average Bonchev–Trinajstić information content (AvgIpc) is 3.01. The Labute approximate surface area is 152 Å². The highest BCUT2D eigenvalue weighted by Crippen LogP contribution is 2.28. The van der Waals surface area contributed by atoms with Gasteiger partial charge in [0.1, 0.15) is 6.04 Å². The summed E-state index contributed by atoms with van der Waals surface area (Å²) >= 11 is 1.42. The van der Waals surface area contributed by atoms with E-state index in [0.717, 1.165) is 10.4 Å². The molecule has 2 rings (SSSR count). The number of benzene rings is 1. The SMILES string of the molecule is CC(C)CC(=O)NC(C(=O)Nc1ncc(-c2ccccc2)s1)C(C)C. The Morgan fingerprint density at radius 2 is 1.80 bits per heavy atom. The van der Waals surface area contributed by atoms with Crippen molar-refractivity contribution in [3.63, 3.8) is 0 Å². The van der Waals surface area contributed by atoms with Crippen molar-refractivity contribution < 1.29 is 9.59 Å². The Kier molecular flexibility index (Phi) is 6.70. The van der Waals surface area contributed by atoms with Gasteiger partial charge in [0.05, 0.1) is 4.88 Å². The summed E-state index contributed by atoms with van der Waals surface area (Å²) in [5.41, 5.74) is 1.06. The molecule has 0 aliphatic rings. The largest absolute Gasteiger partial charge is 0.344 e. The molecule has 0 bridgehead atoms. The number of nitrogens with one attached hydrogen (secondary N) is 2. The van der Waals surface area contributed by atoms with Crippen molar-refractivity contribution in [2.75, 3.05) is 5.32 Å². The van der Waals surface area contributed by atoms with E-state index < -0.39 is 6.04 Å². The Morgan fingerprint density at radius 3 is 2.40 bits per heavy atom. The highest BCUT2D eigenvalue weighted by atomic mass is 32.1. The molecule has 2 amide bonds. The first-order chi connectivity index (χ1) is 11.9. The van der Waals surface area contributed by atoms with Crippen LogP contribution in [0.2, 0.25) is 0 Å². The highest BCUT2D eigenvalue weighted by molar-refractivity contribution is 7.19. The molecule has 1 aromatic heterocycles. The van der Waals surface area contributed by atoms with Crippen molar-refractivity contribution in [2.45, 2.75) is 40.2 Å². The summed E-state index contributed by atoms with van der Waals surface area (Å²) in [5.74, 6) is -0.0954. The molecule has 1 unspecified atom stereocenters. The second kappa shape index (κ2) is 8.76. The molecule has 134 valence electrons. The normalized spacial score (nSPS) is 12.2.